The Hall–Kier alpha value is -0.670. The van der Waals surface area contributed by atoms with E-state index in [1.807, 2.05) is 23.9 Å². The van der Waals surface area contributed by atoms with Crippen molar-refractivity contribution < 1.29 is 4.74 Å². The van der Waals surface area contributed by atoms with E-state index in [0.29, 0.717) is 11.4 Å². The number of ether oxygens (including phenoxy) is 1. The van der Waals surface area contributed by atoms with Gasteiger partial charge < -0.3 is 10.5 Å². The molecule has 3 heteroatoms. The molecule has 1 fully saturated rings. The standard InChI is InChI=1S/C12H17NOS/c1-9-12(6-7-14-9)15-8-10-2-4-11(13)5-3-10/h2-5,9,12H,6-8,13H2,1H3. The van der Waals surface area contributed by atoms with Crippen LogP contribution in [0.5, 0.6) is 0 Å². The van der Waals surface area contributed by atoms with Crippen LogP contribution < -0.4 is 5.73 Å². The van der Waals surface area contributed by atoms with E-state index in [1.165, 1.54) is 12.0 Å². The van der Waals surface area contributed by atoms with Crippen LogP contribution in [0.25, 0.3) is 0 Å². The Labute approximate surface area is 95.2 Å². The second-order valence-electron chi connectivity index (χ2n) is 3.96. The molecule has 0 amide bonds. The van der Waals surface area contributed by atoms with Crippen LogP contribution in [0.3, 0.4) is 0 Å². The van der Waals surface area contributed by atoms with Crippen molar-refractivity contribution in [1.29, 1.82) is 0 Å². The van der Waals surface area contributed by atoms with Crippen molar-refractivity contribution in [3.05, 3.63) is 29.8 Å². The lowest BCUT2D eigenvalue weighted by Gasteiger charge is -2.13. The molecule has 2 nitrogen and oxygen atoms in total. The molecule has 0 bridgehead atoms. The van der Waals surface area contributed by atoms with Gasteiger partial charge in [0, 0.05) is 23.3 Å². The first kappa shape index (κ1) is 10.8. The number of anilines is 1. The molecule has 1 saturated heterocycles. The van der Waals surface area contributed by atoms with Gasteiger partial charge in [-0.3, -0.25) is 0 Å². The number of rotatable bonds is 3. The molecule has 0 radical (unpaired) electrons. The maximum absolute atomic E-state index is 5.64. The number of benzene rings is 1. The minimum Gasteiger partial charge on any atom is -0.399 e. The number of nitrogen functional groups attached to an aromatic ring is 1. The normalized spacial score (nSPS) is 25.7. The van der Waals surface area contributed by atoms with Crippen LogP contribution in [0.4, 0.5) is 5.69 Å². The van der Waals surface area contributed by atoms with Gasteiger partial charge in [-0.15, -0.1) is 0 Å². The lowest BCUT2D eigenvalue weighted by atomic mass is 10.2. The first-order valence-corrected chi connectivity index (χ1v) is 6.38. The maximum atomic E-state index is 5.64. The van der Waals surface area contributed by atoms with Crippen molar-refractivity contribution in [2.45, 2.75) is 30.5 Å². The first-order chi connectivity index (χ1) is 7.25. The molecule has 2 atom stereocenters. The van der Waals surface area contributed by atoms with Gasteiger partial charge in [0.2, 0.25) is 0 Å². The molecular formula is C12H17NOS. The molecule has 2 N–H and O–H groups in total. The van der Waals surface area contributed by atoms with Gasteiger partial charge in [-0.2, -0.15) is 11.8 Å². The SMILES string of the molecule is CC1OCCC1SCc1ccc(N)cc1. The highest BCUT2D eigenvalue weighted by Crippen LogP contribution is 2.28. The van der Waals surface area contributed by atoms with Gasteiger partial charge in [0.1, 0.15) is 0 Å². The monoisotopic (exact) mass is 223 g/mol. The molecule has 2 unspecified atom stereocenters. The quantitative estimate of drug-likeness (QED) is 0.800. The smallest absolute Gasteiger partial charge is 0.0666 e. The molecule has 15 heavy (non-hydrogen) atoms. The van der Waals surface area contributed by atoms with Crippen molar-refractivity contribution in [3.63, 3.8) is 0 Å². The van der Waals surface area contributed by atoms with E-state index in [-0.39, 0.29) is 0 Å². The lowest BCUT2D eigenvalue weighted by Crippen LogP contribution is -2.13. The average molecular weight is 223 g/mol. The zero-order valence-corrected chi connectivity index (χ0v) is 9.80. The van der Waals surface area contributed by atoms with E-state index >= 15 is 0 Å². The fraction of sp³-hybridized carbons (Fsp3) is 0.500. The highest BCUT2D eigenvalue weighted by atomic mass is 32.2. The Morgan fingerprint density at radius 2 is 2.13 bits per heavy atom. The highest BCUT2D eigenvalue weighted by Gasteiger charge is 2.24. The summed E-state index contributed by atoms with van der Waals surface area (Å²) in [5.41, 5.74) is 7.82. The Bertz CT molecular complexity index is 312. The van der Waals surface area contributed by atoms with Crippen molar-refractivity contribution in [2.75, 3.05) is 12.3 Å². The molecule has 1 aliphatic heterocycles. The maximum Gasteiger partial charge on any atom is 0.0666 e. The van der Waals surface area contributed by atoms with Crippen LogP contribution in [0.15, 0.2) is 24.3 Å². The van der Waals surface area contributed by atoms with Crippen LogP contribution >= 0.6 is 11.8 Å². The third kappa shape index (κ3) is 2.89. The first-order valence-electron chi connectivity index (χ1n) is 5.33. The van der Waals surface area contributed by atoms with Gasteiger partial charge in [-0.1, -0.05) is 12.1 Å². The summed E-state index contributed by atoms with van der Waals surface area (Å²) in [5, 5.41) is 0.655. The van der Waals surface area contributed by atoms with Gasteiger partial charge >= 0.3 is 0 Å². The van der Waals surface area contributed by atoms with E-state index in [4.69, 9.17) is 10.5 Å². The van der Waals surface area contributed by atoms with Gasteiger partial charge in [-0.25, -0.2) is 0 Å². The molecule has 1 aromatic carbocycles. The average Bonchev–Trinajstić information content (AvgIpc) is 2.63. The van der Waals surface area contributed by atoms with Gasteiger partial charge in [-0.05, 0) is 31.0 Å². The van der Waals surface area contributed by atoms with E-state index in [0.717, 1.165) is 18.0 Å². The predicted molar refractivity (Wildman–Crippen MR) is 66.0 cm³/mol. The summed E-state index contributed by atoms with van der Waals surface area (Å²) in [4.78, 5) is 0. The van der Waals surface area contributed by atoms with Crippen LogP contribution in [-0.4, -0.2) is 18.0 Å². The molecule has 1 heterocycles. The van der Waals surface area contributed by atoms with Crippen LogP contribution in [0.2, 0.25) is 0 Å². The molecule has 82 valence electrons. The molecule has 0 aliphatic carbocycles. The Morgan fingerprint density at radius 1 is 1.40 bits per heavy atom. The second-order valence-corrected chi connectivity index (χ2v) is 5.18. The Kier molecular flexibility index (Phi) is 3.54. The molecular weight excluding hydrogens is 206 g/mol. The van der Waals surface area contributed by atoms with Crippen molar-refractivity contribution in [3.8, 4) is 0 Å². The zero-order valence-electron chi connectivity index (χ0n) is 8.98. The second kappa shape index (κ2) is 4.90. The molecule has 1 aromatic rings. The highest BCUT2D eigenvalue weighted by molar-refractivity contribution is 7.99. The fourth-order valence-electron chi connectivity index (χ4n) is 1.75. The van der Waals surface area contributed by atoms with Crippen molar-refractivity contribution in [1.82, 2.24) is 0 Å². The Balaban J connectivity index is 1.85. The van der Waals surface area contributed by atoms with Crippen molar-refractivity contribution in [2.24, 2.45) is 0 Å². The Morgan fingerprint density at radius 3 is 2.73 bits per heavy atom. The zero-order chi connectivity index (χ0) is 10.7. The third-order valence-corrected chi connectivity index (χ3v) is 4.30. The minimum absolute atomic E-state index is 0.406. The number of hydrogen-bond acceptors (Lipinski definition) is 3. The van der Waals surface area contributed by atoms with Gasteiger partial charge in [0.05, 0.1) is 6.10 Å². The van der Waals surface area contributed by atoms with Crippen LogP contribution in [-0.2, 0) is 10.5 Å². The van der Waals surface area contributed by atoms with Gasteiger partial charge in [0.15, 0.2) is 0 Å². The molecule has 0 saturated carbocycles. The molecule has 0 spiro atoms. The summed E-state index contributed by atoms with van der Waals surface area (Å²) in [5.74, 6) is 1.05. The van der Waals surface area contributed by atoms with Gasteiger partial charge in [0.25, 0.3) is 0 Å². The van der Waals surface area contributed by atoms with E-state index in [9.17, 15) is 0 Å². The van der Waals surface area contributed by atoms with Crippen LogP contribution in [0.1, 0.15) is 18.9 Å². The number of hydrogen-bond donors (Lipinski definition) is 1. The molecule has 0 aromatic heterocycles. The summed E-state index contributed by atoms with van der Waals surface area (Å²) < 4.78 is 5.53. The van der Waals surface area contributed by atoms with Crippen molar-refractivity contribution >= 4 is 17.4 Å². The predicted octanol–water partition coefficient (Wildman–Crippen LogP) is 2.68. The molecule has 1 aliphatic rings. The lowest BCUT2D eigenvalue weighted by molar-refractivity contribution is 0.127. The van der Waals surface area contributed by atoms with Crippen LogP contribution in [0, 0.1) is 0 Å². The van der Waals surface area contributed by atoms with E-state index < -0.39 is 0 Å². The van der Waals surface area contributed by atoms with E-state index in [1.54, 1.807) is 0 Å². The third-order valence-electron chi connectivity index (χ3n) is 2.75. The fourth-order valence-corrected chi connectivity index (χ4v) is 2.96. The number of nitrogens with two attached hydrogens (primary N) is 1. The largest absolute Gasteiger partial charge is 0.399 e. The number of thioether (sulfide) groups is 1. The molecule has 2 rings (SSSR count). The summed E-state index contributed by atoms with van der Waals surface area (Å²) in [6.45, 7) is 3.08. The summed E-state index contributed by atoms with van der Waals surface area (Å²) in [6, 6.07) is 8.13. The van der Waals surface area contributed by atoms with E-state index in [2.05, 4.69) is 19.1 Å². The summed E-state index contributed by atoms with van der Waals surface area (Å²) in [7, 11) is 0. The topological polar surface area (TPSA) is 35.2 Å². The summed E-state index contributed by atoms with van der Waals surface area (Å²) >= 11 is 1.99. The summed E-state index contributed by atoms with van der Waals surface area (Å²) in [6.07, 6.45) is 1.59. The minimum atomic E-state index is 0.406.